The summed E-state index contributed by atoms with van der Waals surface area (Å²) >= 11 is 0. The highest BCUT2D eigenvalue weighted by Gasteiger charge is 2.22. The molecule has 9 heteroatoms. The molecule has 26 heavy (non-hydrogen) atoms. The van der Waals surface area contributed by atoms with Crippen LogP contribution in [0.25, 0.3) is 0 Å². The van der Waals surface area contributed by atoms with Crippen LogP contribution in [0, 0.1) is 0 Å². The number of nitrogens with one attached hydrogen (secondary N) is 2. The first-order chi connectivity index (χ1) is 12.3. The first-order valence-corrected chi connectivity index (χ1v) is 9.39. The molecule has 1 unspecified atom stereocenters. The molecule has 148 valence electrons. The molecule has 1 fully saturated rings. The van der Waals surface area contributed by atoms with Crippen molar-refractivity contribution in [2.75, 3.05) is 40.3 Å². The van der Waals surface area contributed by atoms with Gasteiger partial charge in [0, 0.05) is 33.2 Å². The van der Waals surface area contributed by atoms with Crippen molar-refractivity contribution in [3.63, 3.8) is 0 Å². The van der Waals surface area contributed by atoms with Gasteiger partial charge in [-0.15, -0.1) is 24.0 Å². The fraction of sp³-hybridized carbons (Fsp3) is 0.824. The zero-order valence-electron chi connectivity index (χ0n) is 15.9. The molecule has 8 nitrogen and oxygen atoms in total. The quantitative estimate of drug-likeness (QED) is 0.264. The number of aromatic nitrogens is 3. The van der Waals surface area contributed by atoms with E-state index in [0.717, 1.165) is 50.0 Å². The molecule has 0 aromatic carbocycles. The van der Waals surface area contributed by atoms with Gasteiger partial charge in [-0.1, -0.05) is 0 Å². The summed E-state index contributed by atoms with van der Waals surface area (Å²) < 4.78 is 7.12. The Morgan fingerprint density at radius 3 is 2.88 bits per heavy atom. The predicted molar refractivity (Wildman–Crippen MR) is 113 cm³/mol. The highest BCUT2D eigenvalue weighted by Crippen LogP contribution is 2.13. The Kier molecular flexibility index (Phi) is 9.06. The van der Waals surface area contributed by atoms with Gasteiger partial charge in [-0.05, 0) is 45.3 Å². The zero-order chi connectivity index (χ0) is 17.5. The Morgan fingerprint density at radius 1 is 1.35 bits per heavy atom. The van der Waals surface area contributed by atoms with Gasteiger partial charge in [0.25, 0.3) is 0 Å². The minimum absolute atomic E-state index is 0. The van der Waals surface area contributed by atoms with Gasteiger partial charge in [-0.25, -0.2) is 9.67 Å². The van der Waals surface area contributed by atoms with Gasteiger partial charge < -0.3 is 20.3 Å². The van der Waals surface area contributed by atoms with Crippen molar-refractivity contribution in [2.45, 2.75) is 51.3 Å². The highest BCUT2D eigenvalue weighted by atomic mass is 127. The van der Waals surface area contributed by atoms with Gasteiger partial charge >= 0.3 is 0 Å². The second-order valence-electron chi connectivity index (χ2n) is 6.84. The summed E-state index contributed by atoms with van der Waals surface area (Å²) in [6.07, 6.45) is 5.84. The standard InChI is InChI=1S/C17H31N7O.HI/c1-18-17(19-8-5-11-23-9-3-4-10-23)20-14-6-7-16-21-15(13-25-2)22-24(16)12-14;/h14H,3-13H2,1-2H3,(H2,18,19,20);1H. The molecule has 1 aromatic heterocycles. The lowest BCUT2D eigenvalue weighted by atomic mass is 10.1. The van der Waals surface area contributed by atoms with Crippen molar-refractivity contribution < 1.29 is 4.74 Å². The fourth-order valence-electron chi connectivity index (χ4n) is 3.57. The lowest BCUT2D eigenvalue weighted by molar-refractivity contribution is 0.177. The average Bonchev–Trinajstić information content (AvgIpc) is 3.26. The van der Waals surface area contributed by atoms with Gasteiger partial charge in [0.05, 0.1) is 6.54 Å². The summed E-state index contributed by atoms with van der Waals surface area (Å²) in [6, 6.07) is 0.328. The van der Waals surface area contributed by atoms with Crippen molar-refractivity contribution in [1.82, 2.24) is 30.3 Å². The van der Waals surface area contributed by atoms with Gasteiger partial charge in [-0.2, -0.15) is 5.10 Å². The van der Waals surface area contributed by atoms with E-state index in [2.05, 4.69) is 30.6 Å². The van der Waals surface area contributed by atoms with E-state index in [1.165, 1.54) is 32.5 Å². The fourth-order valence-corrected chi connectivity index (χ4v) is 3.57. The van der Waals surface area contributed by atoms with Crippen LogP contribution in [0.2, 0.25) is 0 Å². The summed E-state index contributed by atoms with van der Waals surface area (Å²) in [5, 5.41) is 11.5. The molecule has 2 aliphatic rings. The van der Waals surface area contributed by atoms with E-state index in [-0.39, 0.29) is 24.0 Å². The van der Waals surface area contributed by atoms with Gasteiger partial charge in [-0.3, -0.25) is 4.99 Å². The number of aliphatic imine (C=N–C) groups is 1. The molecule has 0 saturated carbocycles. The van der Waals surface area contributed by atoms with E-state index in [0.29, 0.717) is 12.6 Å². The second kappa shape index (κ2) is 11.0. The van der Waals surface area contributed by atoms with E-state index in [1.807, 2.05) is 11.7 Å². The molecule has 3 rings (SSSR count). The van der Waals surface area contributed by atoms with Crippen LogP contribution in [0.1, 0.15) is 37.3 Å². The lowest BCUT2D eigenvalue weighted by Gasteiger charge is -2.25. The third-order valence-corrected chi connectivity index (χ3v) is 4.88. The molecule has 0 aliphatic carbocycles. The number of hydrogen-bond acceptors (Lipinski definition) is 5. The summed E-state index contributed by atoms with van der Waals surface area (Å²) in [6.45, 7) is 5.95. The topological polar surface area (TPSA) is 79.6 Å². The van der Waals surface area contributed by atoms with Crippen LogP contribution in [0.5, 0.6) is 0 Å². The summed E-state index contributed by atoms with van der Waals surface area (Å²) in [4.78, 5) is 11.4. The molecule has 0 bridgehead atoms. The third kappa shape index (κ3) is 6.05. The first-order valence-electron chi connectivity index (χ1n) is 9.39. The molecule has 0 amide bonds. The number of likely N-dealkylation sites (tertiary alicyclic amines) is 1. The Balaban J connectivity index is 0.00000243. The number of rotatable bonds is 7. The first kappa shape index (κ1) is 21.4. The van der Waals surface area contributed by atoms with E-state index < -0.39 is 0 Å². The number of halogens is 1. The minimum Gasteiger partial charge on any atom is -0.377 e. The maximum absolute atomic E-state index is 5.12. The average molecular weight is 477 g/mol. The van der Waals surface area contributed by atoms with Gasteiger partial charge in [0.1, 0.15) is 12.4 Å². The van der Waals surface area contributed by atoms with Crippen molar-refractivity contribution >= 4 is 29.9 Å². The summed E-state index contributed by atoms with van der Waals surface area (Å²) in [5.41, 5.74) is 0. The number of hydrogen-bond donors (Lipinski definition) is 2. The van der Waals surface area contributed by atoms with Crippen molar-refractivity contribution in [3.8, 4) is 0 Å². The SMILES string of the molecule is CN=C(NCCCN1CCCC1)NC1CCc2nc(COC)nn2C1.I. The maximum Gasteiger partial charge on any atom is 0.191 e. The van der Waals surface area contributed by atoms with Gasteiger partial charge in [0.15, 0.2) is 11.8 Å². The smallest absolute Gasteiger partial charge is 0.191 e. The third-order valence-electron chi connectivity index (χ3n) is 4.88. The van der Waals surface area contributed by atoms with Crippen molar-refractivity contribution in [1.29, 1.82) is 0 Å². The molecule has 2 N–H and O–H groups in total. The number of guanidine groups is 1. The Morgan fingerprint density at radius 2 is 2.15 bits per heavy atom. The Hall–Kier alpha value is -0.940. The molecule has 1 atom stereocenters. The van der Waals surface area contributed by atoms with Crippen molar-refractivity contribution in [3.05, 3.63) is 11.6 Å². The van der Waals surface area contributed by atoms with Crippen LogP contribution in [0.15, 0.2) is 4.99 Å². The highest BCUT2D eigenvalue weighted by molar-refractivity contribution is 14.0. The molecule has 0 radical (unpaired) electrons. The monoisotopic (exact) mass is 477 g/mol. The zero-order valence-corrected chi connectivity index (χ0v) is 18.2. The van der Waals surface area contributed by atoms with Gasteiger partial charge in [0.2, 0.25) is 0 Å². The molecule has 0 spiro atoms. The van der Waals surface area contributed by atoms with Crippen LogP contribution in [-0.2, 0) is 24.3 Å². The molecule has 2 aliphatic heterocycles. The normalized spacial score (nSPS) is 20.5. The number of fused-ring (bicyclic) bond motifs is 1. The van der Waals surface area contributed by atoms with Crippen LogP contribution in [-0.4, -0.2) is 72.0 Å². The molecular weight excluding hydrogens is 445 g/mol. The van der Waals surface area contributed by atoms with E-state index in [1.54, 1.807) is 7.11 Å². The van der Waals surface area contributed by atoms with E-state index in [4.69, 9.17) is 4.74 Å². The van der Waals surface area contributed by atoms with Crippen LogP contribution < -0.4 is 10.6 Å². The second-order valence-corrected chi connectivity index (χ2v) is 6.84. The van der Waals surface area contributed by atoms with E-state index >= 15 is 0 Å². The molecular formula is C17H32IN7O. The Bertz CT molecular complexity index is 571. The number of ether oxygens (including phenoxy) is 1. The van der Waals surface area contributed by atoms with Crippen LogP contribution in [0.3, 0.4) is 0 Å². The largest absolute Gasteiger partial charge is 0.377 e. The predicted octanol–water partition coefficient (Wildman–Crippen LogP) is 1.01. The van der Waals surface area contributed by atoms with Crippen LogP contribution >= 0.6 is 24.0 Å². The summed E-state index contributed by atoms with van der Waals surface area (Å²) in [7, 11) is 3.50. The number of nitrogens with zero attached hydrogens (tertiary/aromatic N) is 5. The number of methoxy groups -OCH3 is 1. The van der Waals surface area contributed by atoms with Crippen LogP contribution in [0.4, 0.5) is 0 Å². The molecule has 1 saturated heterocycles. The molecule has 3 heterocycles. The van der Waals surface area contributed by atoms with E-state index in [9.17, 15) is 0 Å². The molecule has 1 aromatic rings. The van der Waals surface area contributed by atoms with Crippen molar-refractivity contribution in [2.24, 2.45) is 4.99 Å². The number of aryl methyl sites for hydroxylation is 1. The summed E-state index contributed by atoms with van der Waals surface area (Å²) in [5.74, 6) is 2.70. The maximum atomic E-state index is 5.12. The Labute approximate surface area is 173 Å². The lowest BCUT2D eigenvalue weighted by Crippen LogP contribution is -2.47. The minimum atomic E-state index is 0.